The molecule has 11 atom stereocenters. The molecule has 2 amide bonds. The summed E-state index contributed by atoms with van der Waals surface area (Å²) in [5, 5.41) is 66.3. The molecule has 8 N–H and O–H groups in total. The van der Waals surface area contributed by atoms with Crippen molar-refractivity contribution in [2.75, 3.05) is 59.4 Å². The van der Waals surface area contributed by atoms with Gasteiger partial charge >= 0.3 is 19.5 Å². The Morgan fingerprint density at radius 3 is 1.57 bits per heavy atom. The molecule has 0 aromatic rings. The van der Waals surface area contributed by atoms with Gasteiger partial charge in [-0.2, -0.15) is 0 Å². The third kappa shape index (κ3) is 38.4. The number of carbonyl (C=O) groups excluding carboxylic acids is 4. The SMILES string of the molecule is CCCCCCCC/C=C\CCCCCCCC(=O)O[C@H](COC(=O)CCCCCCC/C=C/CCCCCCCC)COP(C)(=O)OCCNC(=O)CCCCC(=O)NCCCO[C@@H]1OC(CO)[C@H](O)[C@H](O)C1O[C@@H]1OC[C@@H](O)[C@H](O)C1O. The molecule has 0 aliphatic carbocycles. The molecule has 490 valence electrons. The van der Waals surface area contributed by atoms with Crippen molar-refractivity contribution in [3.63, 3.8) is 0 Å². The molecule has 2 heterocycles. The molecule has 2 aliphatic rings. The van der Waals surface area contributed by atoms with Crippen LogP contribution >= 0.6 is 7.60 Å². The lowest BCUT2D eigenvalue weighted by Crippen LogP contribution is -2.63. The van der Waals surface area contributed by atoms with Gasteiger partial charge in [0.1, 0.15) is 49.3 Å². The average Bonchev–Trinajstić information content (AvgIpc) is 2.53. The minimum Gasteiger partial charge on any atom is -0.462 e. The minimum absolute atomic E-state index is 0.0192. The first-order valence-corrected chi connectivity index (χ1v) is 34.2. The number of amides is 2. The van der Waals surface area contributed by atoms with Gasteiger partial charge in [-0.3, -0.25) is 23.7 Å². The lowest BCUT2D eigenvalue weighted by molar-refractivity contribution is -0.356. The van der Waals surface area contributed by atoms with Crippen molar-refractivity contribution in [2.24, 2.45) is 0 Å². The summed E-state index contributed by atoms with van der Waals surface area (Å²) >= 11 is 0. The van der Waals surface area contributed by atoms with Crippen molar-refractivity contribution in [2.45, 2.75) is 287 Å². The van der Waals surface area contributed by atoms with E-state index in [1.807, 2.05) is 0 Å². The molecule has 0 saturated carbocycles. The third-order valence-corrected chi connectivity index (χ3v) is 16.1. The fraction of sp³-hybridized carbons (Fsp3) is 0.871. The smallest absolute Gasteiger partial charge is 0.327 e. The van der Waals surface area contributed by atoms with Crippen LogP contribution < -0.4 is 10.6 Å². The molecule has 0 spiro atoms. The molecule has 4 unspecified atom stereocenters. The van der Waals surface area contributed by atoms with E-state index in [-0.39, 0.29) is 90.0 Å². The van der Waals surface area contributed by atoms with Crippen LogP contribution in [0.4, 0.5) is 0 Å². The van der Waals surface area contributed by atoms with Gasteiger partial charge in [0.2, 0.25) is 11.8 Å². The van der Waals surface area contributed by atoms with Crippen LogP contribution in [0.1, 0.15) is 226 Å². The van der Waals surface area contributed by atoms with Crippen molar-refractivity contribution >= 4 is 31.3 Å². The number of esters is 2. The zero-order valence-electron chi connectivity index (χ0n) is 51.5. The van der Waals surface area contributed by atoms with Crippen LogP contribution in [0.5, 0.6) is 0 Å². The Labute approximate surface area is 502 Å². The lowest BCUT2D eigenvalue weighted by atomic mass is 9.98. The van der Waals surface area contributed by atoms with Crippen LogP contribution in [0, 0.1) is 0 Å². The van der Waals surface area contributed by atoms with Gasteiger partial charge in [0.05, 0.1) is 33.0 Å². The summed E-state index contributed by atoms with van der Waals surface area (Å²) in [6.07, 6.45) is 26.4. The Morgan fingerprint density at radius 1 is 0.548 bits per heavy atom. The molecule has 84 heavy (non-hydrogen) atoms. The Kier molecular flexibility index (Phi) is 46.0. The predicted molar refractivity (Wildman–Crippen MR) is 321 cm³/mol. The molecule has 2 fully saturated rings. The quantitative estimate of drug-likeness (QED) is 0.0122. The number of unbranched alkanes of at least 4 members (excludes halogenated alkanes) is 23. The summed E-state index contributed by atoms with van der Waals surface area (Å²) in [6.45, 7) is 4.25. The summed E-state index contributed by atoms with van der Waals surface area (Å²) in [5.74, 6) is -1.41. The van der Waals surface area contributed by atoms with E-state index in [2.05, 4.69) is 48.8 Å². The normalized spacial score (nSPS) is 22.9. The van der Waals surface area contributed by atoms with Gasteiger partial charge in [-0.25, -0.2) is 0 Å². The number of hydrogen-bond acceptors (Lipinski definition) is 19. The molecule has 0 aromatic carbocycles. The van der Waals surface area contributed by atoms with Gasteiger partial charge in [-0.05, 0) is 83.5 Å². The summed E-state index contributed by atoms with van der Waals surface area (Å²) in [6, 6.07) is 0. The first-order chi connectivity index (χ1) is 40.6. The number of allylic oxidation sites excluding steroid dienone is 4. The first kappa shape index (κ1) is 77.2. The second kappa shape index (κ2) is 50.0. The van der Waals surface area contributed by atoms with Crippen molar-refractivity contribution < 1.29 is 91.9 Å². The standard InChI is InChI=1S/C62H113N2O19P/c1-4-6-8-10-12-14-16-18-20-22-24-26-28-30-32-39-54(69)77-46-49(81-55(70)40-33-31-29-27-25-23-21-19-17-15-13-11-9-7-5-2)47-80-84(3,75)79-44-42-64-53(68)38-35-34-37-52(67)63-41-36-43-76-62-60(58(73)57(72)51(45-65)82-62)83-61-59(74)56(71)50(66)48-78-61/h18-21,49-51,56-62,65-66,71-74H,4-17,22-48H2,1-3H3,(H,63,67)(H,64,68)/b20-18+,21-19-/t49-,50-,51?,56+,57+,58+,59?,60?,61+,62-,84?/m1/s1. The highest BCUT2D eigenvalue weighted by molar-refractivity contribution is 7.52. The van der Waals surface area contributed by atoms with Crippen LogP contribution in [0.3, 0.4) is 0 Å². The second-order valence-electron chi connectivity index (χ2n) is 22.6. The maximum absolute atomic E-state index is 13.3. The van der Waals surface area contributed by atoms with E-state index in [9.17, 15) is 54.4 Å². The maximum atomic E-state index is 13.3. The molecular formula is C62H113N2O19P. The molecule has 0 aromatic heterocycles. The van der Waals surface area contributed by atoms with E-state index >= 15 is 0 Å². The number of aliphatic hydroxyl groups excluding tert-OH is 6. The second-order valence-corrected chi connectivity index (χ2v) is 24.6. The molecule has 2 saturated heterocycles. The maximum Gasteiger partial charge on any atom is 0.327 e. The Hall–Kier alpha value is -2.89. The van der Waals surface area contributed by atoms with Gasteiger partial charge < -0.3 is 78.7 Å². The van der Waals surface area contributed by atoms with E-state index < -0.39 is 87.6 Å². The van der Waals surface area contributed by atoms with Gasteiger partial charge in [0.15, 0.2) is 18.7 Å². The number of carbonyl (C=O) groups is 4. The third-order valence-electron chi connectivity index (χ3n) is 14.8. The fourth-order valence-corrected chi connectivity index (χ4v) is 10.5. The minimum atomic E-state index is -3.69. The van der Waals surface area contributed by atoms with Crippen molar-refractivity contribution in [3.8, 4) is 0 Å². The van der Waals surface area contributed by atoms with Gasteiger partial charge in [-0.1, -0.05) is 141 Å². The van der Waals surface area contributed by atoms with Gasteiger partial charge in [0, 0.05) is 45.4 Å². The van der Waals surface area contributed by atoms with Crippen molar-refractivity contribution in [1.82, 2.24) is 10.6 Å². The highest BCUT2D eigenvalue weighted by atomic mass is 31.2. The highest BCUT2D eigenvalue weighted by Crippen LogP contribution is 2.43. The van der Waals surface area contributed by atoms with Crippen LogP contribution in [-0.4, -0.2) is 175 Å². The van der Waals surface area contributed by atoms with E-state index in [0.29, 0.717) is 25.7 Å². The summed E-state index contributed by atoms with van der Waals surface area (Å²) in [4.78, 5) is 50.7. The lowest BCUT2D eigenvalue weighted by Gasteiger charge is -2.44. The van der Waals surface area contributed by atoms with Gasteiger partial charge in [0.25, 0.3) is 0 Å². The monoisotopic (exact) mass is 1220 g/mol. The number of nitrogens with one attached hydrogen (secondary N) is 2. The summed E-state index contributed by atoms with van der Waals surface area (Å²) in [5.41, 5.74) is 0. The van der Waals surface area contributed by atoms with Crippen molar-refractivity contribution in [3.05, 3.63) is 24.3 Å². The number of rotatable bonds is 53. The molecule has 21 nitrogen and oxygen atoms in total. The number of aliphatic hydroxyl groups is 6. The Bertz CT molecular complexity index is 1800. The van der Waals surface area contributed by atoms with Crippen LogP contribution in [0.25, 0.3) is 0 Å². The largest absolute Gasteiger partial charge is 0.462 e. The topological polar surface area (TPSA) is 305 Å². The molecule has 2 rings (SSSR count). The zero-order chi connectivity index (χ0) is 61.5. The van der Waals surface area contributed by atoms with E-state index in [0.717, 1.165) is 77.0 Å². The average molecular weight is 1220 g/mol. The molecule has 0 bridgehead atoms. The van der Waals surface area contributed by atoms with E-state index in [4.69, 9.17) is 37.5 Å². The molecule has 2 aliphatic heterocycles. The number of ether oxygens (including phenoxy) is 6. The fourth-order valence-electron chi connectivity index (χ4n) is 9.59. The van der Waals surface area contributed by atoms with Crippen molar-refractivity contribution in [1.29, 1.82) is 0 Å². The van der Waals surface area contributed by atoms with Gasteiger partial charge in [-0.15, -0.1) is 0 Å². The highest BCUT2D eigenvalue weighted by Gasteiger charge is 2.49. The molecule has 0 radical (unpaired) electrons. The molecule has 22 heteroatoms. The predicted octanol–water partition coefficient (Wildman–Crippen LogP) is 8.84. The Morgan fingerprint density at radius 2 is 1.04 bits per heavy atom. The Balaban J connectivity index is 1.69. The van der Waals surface area contributed by atoms with Crippen LogP contribution in [-0.2, 0) is 61.2 Å². The van der Waals surface area contributed by atoms with E-state index in [1.165, 1.54) is 83.7 Å². The summed E-state index contributed by atoms with van der Waals surface area (Å²) < 4.78 is 57.8. The first-order valence-electron chi connectivity index (χ1n) is 32.2. The van der Waals surface area contributed by atoms with Crippen LogP contribution in [0.15, 0.2) is 24.3 Å². The number of hydrogen-bond donors (Lipinski definition) is 8. The van der Waals surface area contributed by atoms with E-state index in [1.54, 1.807) is 0 Å². The van der Waals surface area contributed by atoms with Crippen LogP contribution in [0.2, 0.25) is 0 Å². The summed E-state index contributed by atoms with van der Waals surface area (Å²) in [7, 11) is -3.69. The zero-order valence-corrected chi connectivity index (χ0v) is 52.4. The molecular weight excluding hydrogens is 1110 g/mol.